The fourth-order valence-corrected chi connectivity index (χ4v) is 3.02. The van der Waals surface area contributed by atoms with Gasteiger partial charge in [0.25, 0.3) is 0 Å². The minimum atomic E-state index is -0.587. The van der Waals surface area contributed by atoms with E-state index in [1.54, 1.807) is 17.5 Å². The van der Waals surface area contributed by atoms with Crippen LogP contribution in [0.15, 0.2) is 46.6 Å². The SMILES string of the molecule is NC(=O)CCN(C(=O)Cn1nnn(-c2cccs2)c1=O)c1ccc(F)cc1. The molecule has 0 radical (unpaired) electrons. The molecule has 0 atom stereocenters. The fraction of sp³-hybridized carbons (Fsp3) is 0.188. The quantitative estimate of drug-likeness (QED) is 0.632. The van der Waals surface area contributed by atoms with Gasteiger partial charge in [-0.1, -0.05) is 0 Å². The molecule has 3 rings (SSSR count). The Morgan fingerprint density at radius 3 is 2.56 bits per heavy atom. The molecule has 0 saturated carbocycles. The van der Waals surface area contributed by atoms with Gasteiger partial charge >= 0.3 is 5.69 Å². The number of primary amides is 1. The van der Waals surface area contributed by atoms with Gasteiger partial charge in [0.2, 0.25) is 11.8 Å². The van der Waals surface area contributed by atoms with E-state index in [0.29, 0.717) is 10.7 Å². The molecule has 27 heavy (non-hydrogen) atoms. The lowest BCUT2D eigenvalue weighted by Gasteiger charge is -2.22. The lowest BCUT2D eigenvalue weighted by atomic mass is 10.2. The number of hydrogen-bond donors (Lipinski definition) is 1. The van der Waals surface area contributed by atoms with Crippen LogP contribution in [-0.4, -0.2) is 38.1 Å². The standard InChI is InChI=1S/C16H15FN6O3S/c17-11-3-5-12(6-4-11)21(8-7-13(18)24)14(25)10-22-16(26)23(20-19-22)15-2-1-9-27-15/h1-6,9H,7-8,10H2,(H2,18,24). The van der Waals surface area contributed by atoms with Crippen molar-refractivity contribution in [1.29, 1.82) is 0 Å². The van der Waals surface area contributed by atoms with E-state index < -0.39 is 23.3 Å². The Balaban J connectivity index is 1.83. The molecule has 140 valence electrons. The topological polar surface area (TPSA) is 116 Å². The first-order chi connectivity index (χ1) is 13.0. The number of benzene rings is 1. The zero-order valence-electron chi connectivity index (χ0n) is 14.0. The summed E-state index contributed by atoms with van der Waals surface area (Å²) in [7, 11) is 0. The van der Waals surface area contributed by atoms with Crippen LogP contribution >= 0.6 is 11.3 Å². The predicted octanol–water partition coefficient (Wildman–Crippen LogP) is 0.538. The summed E-state index contributed by atoms with van der Waals surface area (Å²) in [5.41, 5.74) is 4.97. The smallest absolute Gasteiger partial charge is 0.369 e. The van der Waals surface area contributed by atoms with E-state index in [9.17, 15) is 18.8 Å². The Morgan fingerprint density at radius 1 is 1.19 bits per heavy atom. The molecular weight excluding hydrogens is 375 g/mol. The van der Waals surface area contributed by atoms with Crippen LogP contribution < -0.4 is 16.3 Å². The summed E-state index contributed by atoms with van der Waals surface area (Å²) in [6.07, 6.45) is -0.0834. The maximum Gasteiger partial charge on any atom is 0.369 e. The molecule has 0 unspecified atom stereocenters. The Morgan fingerprint density at radius 2 is 1.93 bits per heavy atom. The van der Waals surface area contributed by atoms with Crippen molar-refractivity contribution < 1.29 is 14.0 Å². The average molecular weight is 390 g/mol. The van der Waals surface area contributed by atoms with Crippen LogP contribution in [-0.2, 0) is 16.1 Å². The maximum absolute atomic E-state index is 13.2. The van der Waals surface area contributed by atoms with Crippen molar-refractivity contribution in [2.45, 2.75) is 13.0 Å². The molecule has 2 N–H and O–H groups in total. The van der Waals surface area contributed by atoms with Crippen molar-refractivity contribution in [2.75, 3.05) is 11.4 Å². The van der Waals surface area contributed by atoms with E-state index >= 15 is 0 Å². The van der Waals surface area contributed by atoms with Crippen molar-refractivity contribution in [3.05, 3.63) is 58.1 Å². The minimum Gasteiger partial charge on any atom is -0.370 e. The summed E-state index contributed by atoms with van der Waals surface area (Å²) in [6, 6.07) is 8.65. The molecule has 2 heterocycles. The summed E-state index contributed by atoms with van der Waals surface area (Å²) < 4.78 is 15.2. The lowest BCUT2D eigenvalue weighted by molar-refractivity contribution is -0.119. The van der Waals surface area contributed by atoms with Gasteiger partial charge in [0.1, 0.15) is 17.4 Å². The van der Waals surface area contributed by atoms with E-state index in [1.165, 1.54) is 40.5 Å². The van der Waals surface area contributed by atoms with Gasteiger partial charge in [-0.2, -0.15) is 9.36 Å². The minimum absolute atomic E-state index is 0.00634. The number of carbonyl (C=O) groups is 2. The second kappa shape index (κ2) is 7.91. The summed E-state index contributed by atoms with van der Waals surface area (Å²) in [5.74, 6) is -1.56. The summed E-state index contributed by atoms with van der Waals surface area (Å²) >= 11 is 1.30. The van der Waals surface area contributed by atoms with Crippen LogP contribution in [0.2, 0.25) is 0 Å². The van der Waals surface area contributed by atoms with Gasteiger partial charge in [-0.25, -0.2) is 9.18 Å². The third-order valence-corrected chi connectivity index (χ3v) is 4.50. The molecule has 0 fully saturated rings. The monoisotopic (exact) mass is 390 g/mol. The normalized spacial score (nSPS) is 10.7. The van der Waals surface area contributed by atoms with E-state index in [-0.39, 0.29) is 19.5 Å². The maximum atomic E-state index is 13.2. The number of hydrogen-bond acceptors (Lipinski definition) is 6. The number of aromatic nitrogens is 4. The highest BCUT2D eigenvalue weighted by Gasteiger charge is 2.20. The molecule has 11 heteroatoms. The van der Waals surface area contributed by atoms with Gasteiger partial charge in [-0.3, -0.25) is 9.59 Å². The molecule has 0 aliphatic carbocycles. The summed E-state index contributed by atoms with van der Waals surface area (Å²) in [5, 5.41) is 9.84. The third kappa shape index (κ3) is 4.26. The van der Waals surface area contributed by atoms with Crippen LogP contribution in [0.1, 0.15) is 6.42 Å². The molecule has 3 aromatic rings. The van der Waals surface area contributed by atoms with Gasteiger partial charge < -0.3 is 10.6 Å². The fourth-order valence-electron chi connectivity index (χ4n) is 2.36. The molecule has 0 spiro atoms. The first kappa shape index (κ1) is 18.5. The summed E-state index contributed by atoms with van der Waals surface area (Å²) in [4.78, 5) is 37.4. The van der Waals surface area contributed by atoms with Gasteiger partial charge in [0, 0.05) is 18.7 Å². The molecule has 0 aliphatic rings. The second-order valence-corrected chi connectivity index (χ2v) is 6.45. The highest BCUT2D eigenvalue weighted by Crippen LogP contribution is 2.16. The number of carbonyl (C=O) groups excluding carboxylic acids is 2. The largest absolute Gasteiger partial charge is 0.370 e. The molecule has 9 nitrogen and oxygen atoms in total. The number of nitrogens with two attached hydrogens (primary N) is 1. The first-order valence-corrected chi connectivity index (χ1v) is 8.74. The number of halogens is 1. The van der Waals surface area contributed by atoms with E-state index in [1.807, 2.05) is 0 Å². The molecule has 1 aromatic carbocycles. The van der Waals surface area contributed by atoms with Crippen LogP contribution in [0.25, 0.3) is 5.00 Å². The van der Waals surface area contributed by atoms with Gasteiger partial charge in [-0.05, 0) is 52.2 Å². The van der Waals surface area contributed by atoms with Crippen molar-refractivity contribution in [2.24, 2.45) is 5.73 Å². The first-order valence-electron chi connectivity index (χ1n) is 7.86. The van der Waals surface area contributed by atoms with Gasteiger partial charge in [0.05, 0.1) is 0 Å². The Bertz CT molecular complexity index is 996. The number of nitrogens with zero attached hydrogens (tertiary/aromatic N) is 5. The predicted molar refractivity (Wildman–Crippen MR) is 96.1 cm³/mol. The third-order valence-electron chi connectivity index (χ3n) is 3.66. The molecule has 2 aromatic heterocycles. The Labute approximate surface area is 156 Å². The molecule has 0 bridgehead atoms. The lowest BCUT2D eigenvalue weighted by Crippen LogP contribution is -2.39. The zero-order chi connectivity index (χ0) is 19.4. The molecule has 2 amide bonds. The number of anilines is 1. The van der Waals surface area contributed by atoms with Crippen molar-refractivity contribution in [1.82, 2.24) is 19.8 Å². The number of thiophene rings is 1. The number of amides is 2. The van der Waals surface area contributed by atoms with E-state index in [2.05, 4.69) is 10.4 Å². The highest BCUT2D eigenvalue weighted by atomic mass is 32.1. The van der Waals surface area contributed by atoms with Gasteiger partial charge in [0.15, 0.2) is 0 Å². The number of tetrazole rings is 1. The zero-order valence-corrected chi connectivity index (χ0v) is 14.8. The Hall–Kier alpha value is -3.34. The van der Waals surface area contributed by atoms with Gasteiger partial charge in [-0.15, -0.1) is 11.3 Å². The highest BCUT2D eigenvalue weighted by molar-refractivity contribution is 7.12. The average Bonchev–Trinajstić information content (AvgIpc) is 3.27. The molecule has 0 saturated heterocycles. The van der Waals surface area contributed by atoms with Crippen molar-refractivity contribution in [3.8, 4) is 5.00 Å². The molecule has 0 aliphatic heterocycles. The van der Waals surface area contributed by atoms with Crippen molar-refractivity contribution >= 4 is 28.8 Å². The Kier molecular flexibility index (Phi) is 5.41. The summed E-state index contributed by atoms with van der Waals surface area (Å²) in [6.45, 7) is -0.395. The van der Waals surface area contributed by atoms with Crippen molar-refractivity contribution in [3.63, 3.8) is 0 Å². The van der Waals surface area contributed by atoms with E-state index in [4.69, 9.17) is 5.73 Å². The van der Waals surface area contributed by atoms with Crippen LogP contribution in [0.5, 0.6) is 0 Å². The van der Waals surface area contributed by atoms with Crippen LogP contribution in [0.3, 0.4) is 0 Å². The van der Waals surface area contributed by atoms with Crippen LogP contribution in [0, 0.1) is 5.82 Å². The van der Waals surface area contributed by atoms with E-state index in [0.717, 1.165) is 9.36 Å². The number of rotatable bonds is 7. The molecular formula is C16H15FN6O3S. The van der Waals surface area contributed by atoms with Crippen LogP contribution in [0.4, 0.5) is 10.1 Å². The second-order valence-electron chi connectivity index (χ2n) is 5.52.